The summed E-state index contributed by atoms with van der Waals surface area (Å²) >= 11 is 3.38. The first-order chi connectivity index (χ1) is 15.1. The van der Waals surface area contributed by atoms with Crippen molar-refractivity contribution in [2.75, 3.05) is 5.32 Å². The molecule has 154 valence electrons. The predicted molar refractivity (Wildman–Crippen MR) is 121 cm³/mol. The molecule has 0 spiro atoms. The molecule has 2 N–H and O–H groups in total. The topological polar surface area (TPSA) is 88.9 Å². The van der Waals surface area contributed by atoms with Gasteiger partial charge in [-0.1, -0.05) is 24.3 Å². The second kappa shape index (κ2) is 9.36. The third-order valence-corrected chi connectivity index (χ3v) is 5.23. The highest BCUT2D eigenvalue weighted by Crippen LogP contribution is 2.20. The lowest BCUT2D eigenvalue weighted by molar-refractivity contribution is 0.0951. The summed E-state index contributed by atoms with van der Waals surface area (Å²) in [7, 11) is 0. The molecule has 4 rings (SSSR count). The summed E-state index contributed by atoms with van der Waals surface area (Å²) in [5, 5.41) is 9.88. The monoisotopic (exact) mass is 475 g/mol. The molecular weight excluding hydrogens is 458 g/mol. The SMILES string of the molecule is O=C(Nc1ccccc1C(=O)NCc1ccnc(-n2cccn2)c1)c1ccccc1Br. The third-order valence-electron chi connectivity index (χ3n) is 4.54. The van der Waals surface area contributed by atoms with E-state index in [4.69, 9.17) is 0 Å². The minimum Gasteiger partial charge on any atom is -0.348 e. The quantitative estimate of drug-likeness (QED) is 0.437. The van der Waals surface area contributed by atoms with Gasteiger partial charge in [-0.2, -0.15) is 5.10 Å². The fraction of sp³-hybridized carbons (Fsp3) is 0.0435. The van der Waals surface area contributed by atoms with Crippen LogP contribution in [0.15, 0.2) is 89.8 Å². The number of carbonyl (C=O) groups is 2. The fourth-order valence-corrected chi connectivity index (χ4v) is 3.47. The van der Waals surface area contributed by atoms with Gasteiger partial charge in [0.15, 0.2) is 5.82 Å². The van der Waals surface area contributed by atoms with Crippen LogP contribution in [0.4, 0.5) is 5.69 Å². The first-order valence-electron chi connectivity index (χ1n) is 9.50. The van der Waals surface area contributed by atoms with Gasteiger partial charge in [-0.3, -0.25) is 9.59 Å². The van der Waals surface area contributed by atoms with Crippen molar-refractivity contribution in [3.8, 4) is 5.82 Å². The lowest BCUT2D eigenvalue weighted by atomic mass is 10.1. The van der Waals surface area contributed by atoms with E-state index in [2.05, 4.69) is 36.6 Å². The molecule has 4 aromatic rings. The Balaban J connectivity index is 1.47. The second-order valence-corrected chi connectivity index (χ2v) is 7.49. The summed E-state index contributed by atoms with van der Waals surface area (Å²) in [4.78, 5) is 29.8. The summed E-state index contributed by atoms with van der Waals surface area (Å²) in [5.74, 6) is 0.0732. The van der Waals surface area contributed by atoms with Crippen molar-refractivity contribution in [1.82, 2.24) is 20.1 Å². The molecule has 7 nitrogen and oxygen atoms in total. The molecule has 2 aromatic heterocycles. The molecule has 2 aromatic carbocycles. The van der Waals surface area contributed by atoms with Crippen molar-refractivity contribution in [2.45, 2.75) is 6.54 Å². The number of hydrogen-bond acceptors (Lipinski definition) is 4. The van der Waals surface area contributed by atoms with Crippen LogP contribution in [-0.4, -0.2) is 26.6 Å². The second-order valence-electron chi connectivity index (χ2n) is 6.64. The van der Waals surface area contributed by atoms with E-state index in [0.717, 1.165) is 5.56 Å². The van der Waals surface area contributed by atoms with Gasteiger partial charge in [0.2, 0.25) is 0 Å². The maximum atomic E-state index is 12.8. The predicted octanol–water partition coefficient (Wildman–Crippen LogP) is 4.21. The van der Waals surface area contributed by atoms with Gasteiger partial charge in [-0.05, 0) is 64.0 Å². The van der Waals surface area contributed by atoms with Gasteiger partial charge in [0.25, 0.3) is 11.8 Å². The van der Waals surface area contributed by atoms with Crippen LogP contribution in [0.3, 0.4) is 0 Å². The van der Waals surface area contributed by atoms with Crippen molar-refractivity contribution in [2.24, 2.45) is 0 Å². The first kappa shape index (κ1) is 20.5. The number of rotatable bonds is 6. The largest absolute Gasteiger partial charge is 0.348 e. The van der Waals surface area contributed by atoms with Crippen LogP contribution in [0, 0.1) is 0 Å². The fourth-order valence-electron chi connectivity index (χ4n) is 3.00. The Hall–Kier alpha value is -3.78. The number of halogens is 1. The molecule has 0 bridgehead atoms. The molecule has 0 fully saturated rings. The summed E-state index contributed by atoms with van der Waals surface area (Å²) in [6.07, 6.45) is 5.15. The minimum absolute atomic E-state index is 0.291. The maximum Gasteiger partial charge on any atom is 0.256 e. The van der Waals surface area contributed by atoms with Crippen LogP contribution in [-0.2, 0) is 6.54 Å². The van der Waals surface area contributed by atoms with Crippen molar-refractivity contribution in [1.29, 1.82) is 0 Å². The van der Waals surface area contributed by atoms with E-state index in [-0.39, 0.29) is 11.8 Å². The molecule has 0 aliphatic carbocycles. The zero-order chi connectivity index (χ0) is 21.6. The van der Waals surface area contributed by atoms with E-state index < -0.39 is 0 Å². The van der Waals surface area contributed by atoms with Crippen LogP contribution in [0.5, 0.6) is 0 Å². The number of hydrogen-bond donors (Lipinski definition) is 2. The lowest BCUT2D eigenvalue weighted by Gasteiger charge is -2.12. The smallest absolute Gasteiger partial charge is 0.256 e. The van der Waals surface area contributed by atoms with Crippen molar-refractivity contribution in [3.63, 3.8) is 0 Å². The number of amides is 2. The molecule has 0 aliphatic heterocycles. The number of benzene rings is 2. The highest BCUT2D eigenvalue weighted by atomic mass is 79.9. The van der Waals surface area contributed by atoms with Crippen LogP contribution < -0.4 is 10.6 Å². The summed E-state index contributed by atoms with van der Waals surface area (Å²) in [5.41, 5.74) is 2.18. The number of nitrogens with zero attached hydrogens (tertiary/aromatic N) is 3. The Kier molecular flexibility index (Phi) is 6.18. The molecule has 8 heteroatoms. The molecule has 0 saturated carbocycles. The Labute approximate surface area is 187 Å². The van der Waals surface area contributed by atoms with Gasteiger partial charge < -0.3 is 10.6 Å². The normalized spacial score (nSPS) is 10.5. The standard InChI is InChI=1S/C23H18BrN5O2/c24-19-8-3-1-6-17(19)23(31)28-20-9-4-2-7-18(20)22(30)26-15-16-10-12-25-21(14-16)29-13-5-11-27-29/h1-14H,15H2,(H,26,30)(H,28,31). The Bertz CT molecular complexity index is 1220. The molecule has 31 heavy (non-hydrogen) atoms. The summed E-state index contributed by atoms with van der Waals surface area (Å²) < 4.78 is 2.33. The van der Waals surface area contributed by atoms with E-state index >= 15 is 0 Å². The number of para-hydroxylation sites is 1. The number of aromatic nitrogens is 3. The summed E-state index contributed by atoms with van der Waals surface area (Å²) in [6.45, 7) is 0.308. The molecule has 2 amide bonds. The van der Waals surface area contributed by atoms with Gasteiger partial charge in [0.1, 0.15) is 0 Å². The van der Waals surface area contributed by atoms with E-state index in [1.54, 1.807) is 65.7 Å². The van der Waals surface area contributed by atoms with Gasteiger partial charge in [-0.25, -0.2) is 9.67 Å². The molecule has 0 saturated heterocycles. The zero-order valence-corrected chi connectivity index (χ0v) is 17.9. The van der Waals surface area contributed by atoms with E-state index in [0.29, 0.717) is 33.6 Å². The molecule has 0 radical (unpaired) electrons. The molecule has 0 unspecified atom stereocenters. The molecule has 2 heterocycles. The highest BCUT2D eigenvalue weighted by Gasteiger charge is 2.15. The molecule has 0 atom stereocenters. The van der Waals surface area contributed by atoms with Gasteiger partial charge in [0, 0.05) is 29.6 Å². The minimum atomic E-state index is -0.300. The van der Waals surface area contributed by atoms with Crippen molar-refractivity contribution in [3.05, 3.63) is 106 Å². The van der Waals surface area contributed by atoms with E-state index in [1.807, 2.05) is 24.3 Å². The first-order valence-corrected chi connectivity index (χ1v) is 10.3. The Morgan fingerprint density at radius 3 is 2.45 bits per heavy atom. The average molecular weight is 476 g/mol. The number of nitrogens with one attached hydrogen (secondary N) is 2. The zero-order valence-electron chi connectivity index (χ0n) is 16.3. The maximum absolute atomic E-state index is 12.8. The van der Waals surface area contributed by atoms with Crippen LogP contribution in [0.1, 0.15) is 26.3 Å². The Morgan fingerprint density at radius 1 is 0.903 bits per heavy atom. The molecular formula is C23H18BrN5O2. The van der Waals surface area contributed by atoms with Gasteiger partial charge in [-0.15, -0.1) is 0 Å². The highest BCUT2D eigenvalue weighted by molar-refractivity contribution is 9.10. The number of pyridine rings is 1. The van der Waals surface area contributed by atoms with E-state index in [1.165, 1.54) is 0 Å². The van der Waals surface area contributed by atoms with Crippen LogP contribution in [0.25, 0.3) is 5.82 Å². The van der Waals surface area contributed by atoms with Gasteiger partial charge in [0.05, 0.1) is 16.8 Å². The summed E-state index contributed by atoms with van der Waals surface area (Å²) in [6, 6.07) is 19.5. The van der Waals surface area contributed by atoms with Crippen molar-refractivity contribution < 1.29 is 9.59 Å². The Morgan fingerprint density at radius 2 is 1.68 bits per heavy atom. The lowest BCUT2D eigenvalue weighted by Crippen LogP contribution is -2.25. The van der Waals surface area contributed by atoms with Gasteiger partial charge >= 0.3 is 0 Å². The average Bonchev–Trinajstić information content (AvgIpc) is 3.33. The van der Waals surface area contributed by atoms with Crippen molar-refractivity contribution >= 4 is 33.4 Å². The number of anilines is 1. The number of carbonyl (C=O) groups excluding carboxylic acids is 2. The van der Waals surface area contributed by atoms with Crippen LogP contribution in [0.2, 0.25) is 0 Å². The van der Waals surface area contributed by atoms with Crippen LogP contribution >= 0.6 is 15.9 Å². The molecule has 0 aliphatic rings. The van der Waals surface area contributed by atoms with E-state index in [9.17, 15) is 9.59 Å². The third kappa shape index (κ3) is 4.87.